The van der Waals surface area contributed by atoms with E-state index in [1.165, 1.54) is 25.7 Å². The van der Waals surface area contributed by atoms with E-state index in [9.17, 15) is 5.11 Å². The highest BCUT2D eigenvalue weighted by atomic mass is 16.3. The lowest BCUT2D eigenvalue weighted by molar-refractivity contribution is 0.114. The number of aliphatic hydroxyl groups is 1. The van der Waals surface area contributed by atoms with Gasteiger partial charge >= 0.3 is 0 Å². The van der Waals surface area contributed by atoms with E-state index in [1.807, 2.05) is 18.5 Å². The Morgan fingerprint density at radius 2 is 2.15 bits per heavy atom. The molecule has 2 N–H and O–H groups in total. The molecule has 2 unspecified atom stereocenters. The highest BCUT2D eigenvalue weighted by Crippen LogP contribution is 2.40. The lowest BCUT2D eigenvalue weighted by atomic mass is 9.85. The van der Waals surface area contributed by atoms with Gasteiger partial charge in [-0.2, -0.15) is 5.10 Å². The third-order valence-corrected chi connectivity index (χ3v) is 4.96. The van der Waals surface area contributed by atoms with Gasteiger partial charge < -0.3 is 10.4 Å². The van der Waals surface area contributed by atoms with E-state index in [2.05, 4.69) is 15.4 Å². The third kappa shape index (κ3) is 2.74. The molecule has 2 aliphatic rings. The molecule has 1 aromatic heterocycles. The molecule has 3 rings (SSSR count). The SMILES string of the molecule is Cc1nc(C)n(CCC2CCCC2(CO)NC2CC2)n1. The van der Waals surface area contributed by atoms with Gasteiger partial charge in [-0.25, -0.2) is 4.98 Å². The molecule has 5 heteroatoms. The zero-order valence-electron chi connectivity index (χ0n) is 12.6. The first-order chi connectivity index (χ1) is 9.63. The maximum atomic E-state index is 9.92. The molecule has 0 spiro atoms. The van der Waals surface area contributed by atoms with Crippen molar-refractivity contribution in [1.29, 1.82) is 0 Å². The van der Waals surface area contributed by atoms with Crippen LogP contribution >= 0.6 is 0 Å². The molecule has 2 atom stereocenters. The lowest BCUT2D eigenvalue weighted by Crippen LogP contribution is -2.52. The first kappa shape index (κ1) is 14.0. The van der Waals surface area contributed by atoms with E-state index in [4.69, 9.17) is 0 Å². The fraction of sp³-hybridized carbons (Fsp3) is 0.867. The van der Waals surface area contributed by atoms with Gasteiger partial charge in [-0.3, -0.25) is 4.68 Å². The second-order valence-electron chi connectivity index (χ2n) is 6.54. The van der Waals surface area contributed by atoms with Crippen molar-refractivity contribution in [3.63, 3.8) is 0 Å². The van der Waals surface area contributed by atoms with E-state index < -0.39 is 0 Å². The minimum atomic E-state index is -0.0370. The smallest absolute Gasteiger partial charge is 0.147 e. The van der Waals surface area contributed by atoms with Crippen LogP contribution in [0.4, 0.5) is 0 Å². The number of rotatable bonds is 6. The maximum Gasteiger partial charge on any atom is 0.147 e. The summed E-state index contributed by atoms with van der Waals surface area (Å²) in [5.41, 5.74) is -0.0370. The Hall–Kier alpha value is -0.940. The lowest BCUT2D eigenvalue weighted by Gasteiger charge is -2.35. The van der Waals surface area contributed by atoms with Gasteiger partial charge in [0, 0.05) is 18.1 Å². The molecule has 112 valence electrons. The van der Waals surface area contributed by atoms with Crippen molar-refractivity contribution < 1.29 is 5.11 Å². The Kier molecular flexibility index (Phi) is 3.82. The van der Waals surface area contributed by atoms with Crippen LogP contribution < -0.4 is 5.32 Å². The first-order valence-corrected chi connectivity index (χ1v) is 7.89. The van der Waals surface area contributed by atoms with Gasteiger partial charge in [0.1, 0.15) is 11.6 Å². The van der Waals surface area contributed by atoms with E-state index in [0.717, 1.165) is 31.0 Å². The summed E-state index contributed by atoms with van der Waals surface area (Å²) in [5.74, 6) is 2.39. The summed E-state index contributed by atoms with van der Waals surface area (Å²) in [4.78, 5) is 4.36. The van der Waals surface area contributed by atoms with Gasteiger partial charge in [-0.1, -0.05) is 6.42 Å². The van der Waals surface area contributed by atoms with Crippen molar-refractivity contribution in [3.8, 4) is 0 Å². The summed E-state index contributed by atoms with van der Waals surface area (Å²) in [6.07, 6.45) is 7.17. The fourth-order valence-corrected chi connectivity index (χ4v) is 3.69. The van der Waals surface area contributed by atoms with Crippen LogP contribution in [0.5, 0.6) is 0 Å². The molecule has 0 amide bonds. The molecule has 0 aromatic carbocycles. The highest BCUT2D eigenvalue weighted by molar-refractivity contribution is 5.03. The van der Waals surface area contributed by atoms with Gasteiger partial charge in [0.2, 0.25) is 0 Å². The topological polar surface area (TPSA) is 63.0 Å². The summed E-state index contributed by atoms with van der Waals surface area (Å²) in [6.45, 7) is 5.12. The van der Waals surface area contributed by atoms with Gasteiger partial charge in [-0.05, 0) is 51.9 Å². The van der Waals surface area contributed by atoms with Crippen LogP contribution in [-0.4, -0.2) is 38.1 Å². The molecule has 2 saturated carbocycles. The molecule has 1 heterocycles. The summed E-state index contributed by atoms with van der Waals surface area (Å²) in [7, 11) is 0. The summed E-state index contributed by atoms with van der Waals surface area (Å²) >= 11 is 0. The molecule has 0 bridgehead atoms. The summed E-state index contributed by atoms with van der Waals surface area (Å²) in [5, 5.41) is 18.1. The van der Waals surface area contributed by atoms with E-state index in [1.54, 1.807) is 0 Å². The average molecular weight is 278 g/mol. The number of hydrogen-bond donors (Lipinski definition) is 2. The Balaban J connectivity index is 1.64. The molecular weight excluding hydrogens is 252 g/mol. The van der Waals surface area contributed by atoms with Crippen molar-refractivity contribution in [1.82, 2.24) is 20.1 Å². The minimum Gasteiger partial charge on any atom is -0.394 e. The normalized spacial score (nSPS) is 30.1. The van der Waals surface area contributed by atoms with Gasteiger partial charge in [0.25, 0.3) is 0 Å². The van der Waals surface area contributed by atoms with Crippen LogP contribution in [-0.2, 0) is 6.54 Å². The van der Waals surface area contributed by atoms with Crippen LogP contribution in [0.2, 0.25) is 0 Å². The van der Waals surface area contributed by atoms with Crippen LogP contribution in [0.25, 0.3) is 0 Å². The standard InChI is InChI=1S/C15H26N4O/c1-11-16-12(2)19(18-11)9-7-13-4-3-8-15(13,10-20)17-14-5-6-14/h13-14,17,20H,3-10H2,1-2H3. The van der Waals surface area contributed by atoms with Crippen molar-refractivity contribution in [3.05, 3.63) is 11.6 Å². The van der Waals surface area contributed by atoms with E-state index in [-0.39, 0.29) is 12.1 Å². The largest absolute Gasteiger partial charge is 0.394 e. The number of hydrogen-bond acceptors (Lipinski definition) is 4. The quantitative estimate of drug-likeness (QED) is 0.829. The van der Waals surface area contributed by atoms with Crippen molar-refractivity contribution in [2.45, 2.75) is 70.5 Å². The van der Waals surface area contributed by atoms with Gasteiger partial charge in [-0.15, -0.1) is 0 Å². The number of nitrogens with zero attached hydrogens (tertiary/aromatic N) is 3. The molecule has 0 saturated heterocycles. The Labute approximate surface area is 120 Å². The molecule has 5 nitrogen and oxygen atoms in total. The van der Waals surface area contributed by atoms with Crippen LogP contribution in [0.1, 0.15) is 50.2 Å². The second-order valence-corrected chi connectivity index (χ2v) is 6.54. The number of nitrogens with one attached hydrogen (secondary N) is 1. The second kappa shape index (κ2) is 5.45. The fourth-order valence-electron chi connectivity index (χ4n) is 3.69. The van der Waals surface area contributed by atoms with Crippen molar-refractivity contribution in [2.75, 3.05) is 6.61 Å². The van der Waals surface area contributed by atoms with E-state index in [0.29, 0.717) is 12.0 Å². The van der Waals surface area contributed by atoms with Gasteiger partial charge in [0.05, 0.1) is 6.61 Å². The van der Waals surface area contributed by atoms with E-state index >= 15 is 0 Å². The third-order valence-electron chi connectivity index (χ3n) is 4.96. The van der Waals surface area contributed by atoms with Crippen molar-refractivity contribution in [2.24, 2.45) is 5.92 Å². The monoisotopic (exact) mass is 278 g/mol. The van der Waals surface area contributed by atoms with Crippen LogP contribution in [0.15, 0.2) is 0 Å². The predicted molar refractivity (Wildman–Crippen MR) is 77.4 cm³/mol. The highest BCUT2D eigenvalue weighted by Gasteiger charge is 2.44. The average Bonchev–Trinajstić information content (AvgIpc) is 3.04. The summed E-state index contributed by atoms with van der Waals surface area (Å²) < 4.78 is 2.01. The number of aryl methyl sites for hydroxylation is 3. The zero-order valence-corrected chi connectivity index (χ0v) is 12.6. The maximum absolute atomic E-state index is 9.92. The molecule has 2 aliphatic carbocycles. The van der Waals surface area contributed by atoms with Gasteiger partial charge in [0.15, 0.2) is 0 Å². The molecular formula is C15H26N4O. The molecule has 1 aromatic rings. The predicted octanol–water partition coefficient (Wildman–Crippen LogP) is 1.57. The molecule has 0 aliphatic heterocycles. The van der Waals surface area contributed by atoms with Crippen molar-refractivity contribution >= 4 is 0 Å². The first-order valence-electron chi connectivity index (χ1n) is 7.89. The number of aliphatic hydroxyl groups excluding tert-OH is 1. The minimum absolute atomic E-state index is 0.0370. The van der Waals surface area contributed by atoms with Crippen LogP contribution in [0.3, 0.4) is 0 Å². The summed E-state index contributed by atoms with van der Waals surface area (Å²) in [6, 6.07) is 0.651. The molecule has 2 fully saturated rings. The van der Waals surface area contributed by atoms with Crippen LogP contribution in [0, 0.1) is 19.8 Å². The Bertz CT molecular complexity index is 468. The molecule has 0 radical (unpaired) electrons. The Morgan fingerprint density at radius 3 is 2.75 bits per heavy atom. The number of aromatic nitrogens is 3. The zero-order chi connectivity index (χ0) is 14.2. The molecule has 20 heavy (non-hydrogen) atoms. The Morgan fingerprint density at radius 1 is 1.35 bits per heavy atom.